The zero-order valence-corrected chi connectivity index (χ0v) is 12.6. The molecule has 0 radical (unpaired) electrons. The second-order valence-corrected chi connectivity index (χ2v) is 6.68. The number of rotatable bonds is 5. The SMILES string of the molecule is CCSC(C(=O)c1ccc(OC)cc1)C(C)(C)C. The molecule has 0 N–H and O–H groups in total. The molecule has 3 heteroatoms. The number of carbonyl (C=O) groups is 1. The van der Waals surface area contributed by atoms with E-state index < -0.39 is 0 Å². The third kappa shape index (κ3) is 3.77. The molecule has 0 aliphatic rings. The number of hydrogen-bond donors (Lipinski definition) is 0. The second kappa shape index (κ2) is 6.28. The van der Waals surface area contributed by atoms with E-state index in [9.17, 15) is 4.79 Å². The van der Waals surface area contributed by atoms with Crippen molar-refractivity contribution >= 4 is 17.5 Å². The van der Waals surface area contributed by atoms with Crippen molar-refractivity contribution < 1.29 is 9.53 Å². The van der Waals surface area contributed by atoms with Crippen molar-refractivity contribution in [1.29, 1.82) is 0 Å². The van der Waals surface area contributed by atoms with Gasteiger partial charge in [-0.1, -0.05) is 27.7 Å². The molecule has 0 heterocycles. The van der Waals surface area contributed by atoms with Gasteiger partial charge in [0.15, 0.2) is 5.78 Å². The highest BCUT2D eigenvalue weighted by Crippen LogP contribution is 2.33. The first-order valence-corrected chi connectivity index (χ1v) is 7.25. The van der Waals surface area contributed by atoms with Crippen molar-refractivity contribution in [3.63, 3.8) is 0 Å². The summed E-state index contributed by atoms with van der Waals surface area (Å²) in [5.74, 6) is 1.93. The van der Waals surface area contributed by atoms with Crippen LogP contribution in [0.25, 0.3) is 0 Å². The van der Waals surface area contributed by atoms with Gasteiger partial charge in [0, 0.05) is 5.56 Å². The average Bonchev–Trinajstić information content (AvgIpc) is 2.34. The molecule has 100 valence electrons. The molecule has 1 atom stereocenters. The smallest absolute Gasteiger partial charge is 0.176 e. The minimum atomic E-state index is -0.0301. The summed E-state index contributed by atoms with van der Waals surface area (Å²) < 4.78 is 5.11. The highest BCUT2D eigenvalue weighted by molar-refractivity contribution is 8.00. The van der Waals surface area contributed by atoms with Gasteiger partial charge >= 0.3 is 0 Å². The van der Waals surface area contributed by atoms with E-state index in [-0.39, 0.29) is 16.4 Å². The third-order valence-corrected chi connectivity index (χ3v) is 4.32. The van der Waals surface area contributed by atoms with Gasteiger partial charge in [-0.05, 0) is 35.4 Å². The fraction of sp³-hybridized carbons (Fsp3) is 0.533. The summed E-state index contributed by atoms with van der Waals surface area (Å²) in [6.07, 6.45) is 0. The molecule has 1 unspecified atom stereocenters. The lowest BCUT2D eigenvalue weighted by molar-refractivity contribution is 0.0950. The van der Waals surface area contributed by atoms with Crippen LogP contribution in [-0.2, 0) is 0 Å². The van der Waals surface area contributed by atoms with Gasteiger partial charge in [-0.2, -0.15) is 0 Å². The Morgan fingerprint density at radius 1 is 1.28 bits per heavy atom. The summed E-state index contributed by atoms with van der Waals surface area (Å²) in [5, 5.41) is -0.00380. The maximum absolute atomic E-state index is 12.5. The number of benzene rings is 1. The first-order chi connectivity index (χ1) is 8.40. The van der Waals surface area contributed by atoms with Gasteiger partial charge in [0.05, 0.1) is 12.4 Å². The van der Waals surface area contributed by atoms with E-state index in [1.807, 2.05) is 24.3 Å². The van der Waals surface area contributed by atoms with E-state index in [0.29, 0.717) is 0 Å². The number of ether oxygens (including phenoxy) is 1. The number of thioether (sulfide) groups is 1. The first kappa shape index (κ1) is 15.1. The molecule has 2 nitrogen and oxygen atoms in total. The molecule has 0 aliphatic carbocycles. The van der Waals surface area contributed by atoms with Crippen LogP contribution < -0.4 is 4.74 Å². The maximum Gasteiger partial charge on any atom is 0.176 e. The van der Waals surface area contributed by atoms with Crippen LogP contribution in [0.3, 0.4) is 0 Å². The largest absolute Gasteiger partial charge is 0.497 e. The first-order valence-electron chi connectivity index (χ1n) is 6.20. The molecule has 0 bridgehead atoms. The summed E-state index contributed by atoms with van der Waals surface area (Å²) in [5.41, 5.74) is 0.731. The molecule has 0 fully saturated rings. The zero-order chi connectivity index (χ0) is 13.8. The molecule has 1 rings (SSSR count). The van der Waals surface area contributed by atoms with E-state index in [0.717, 1.165) is 17.1 Å². The Labute approximate surface area is 114 Å². The van der Waals surface area contributed by atoms with Crippen LogP contribution in [0, 0.1) is 5.41 Å². The van der Waals surface area contributed by atoms with Crippen molar-refractivity contribution in [2.75, 3.05) is 12.9 Å². The van der Waals surface area contributed by atoms with Gasteiger partial charge in [-0.3, -0.25) is 4.79 Å². The Kier molecular flexibility index (Phi) is 5.27. The Morgan fingerprint density at radius 3 is 2.22 bits per heavy atom. The maximum atomic E-state index is 12.5. The molecule has 1 aromatic rings. The molecule has 0 aromatic heterocycles. The van der Waals surface area contributed by atoms with E-state index in [1.54, 1.807) is 18.9 Å². The Balaban J connectivity index is 2.94. The molecule has 0 saturated heterocycles. The summed E-state index contributed by atoms with van der Waals surface area (Å²) in [6, 6.07) is 7.36. The van der Waals surface area contributed by atoms with Crippen molar-refractivity contribution in [2.24, 2.45) is 5.41 Å². The topological polar surface area (TPSA) is 26.3 Å². The van der Waals surface area contributed by atoms with E-state index >= 15 is 0 Å². The summed E-state index contributed by atoms with van der Waals surface area (Å²) >= 11 is 1.72. The number of ketones is 1. The van der Waals surface area contributed by atoms with Crippen LogP contribution in [-0.4, -0.2) is 23.9 Å². The highest BCUT2D eigenvalue weighted by Gasteiger charge is 2.31. The molecule has 0 saturated carbocycles. The van der Waals surface area contributed by atoms with Crippen molar-refractivity contribution in [3.8, 4) is 5.75 Å². The number of carbonyl (C=O) groups excluding carboxylic acids is 1. The number of methoxy groups -OCH3 is 1. The predicted octanol–water partition coefficient (Wildman–Crippen LogP) is 4.05. The van der Waals surface area contributed by atoms with E-state index in [4.69, 9.17) is 4.74 Å². The Morgan fingerprint density at radius 2 is 1.83 bits per heavy atom. The molecule has 1 aromatic carbocycles. The van der Waals surface area contributed by atoms with Gasteiger partial charge in [-0.15, -0.1) is 11.8 Å². The van der Waals surface area contributed by atoms with Gasteiger partial charge in [-0.25, -0.2) is 0 Å². The molecular weight excluding hydrogens is 244 g/mol. The van der Waals surface area contributed by atoms with Gasteiger partial charge in [0.2, 0.25) is 0 Å². The molecule has 0 amide bonds. The van der Waals surface area contributed by atoms with Gasteiger partial charge in [0.25, 0.3) is 0 Å². The fourth-order valence-electron chi connectivity index (χ4n) is 1.79. The van der Waals surface area contributed by atoms with Gasteiger partial charge < -0.3 is 4.74 Å². The third-order valence-electron chi connectivity index (χ3n) is 2.73. The molecule has 0 spiro atoms. The van der Waals surface area contributed by atoms with Crippen LogP contribution in [0.1, 0.15) is 38.1 Å². The van der Waals surface area contributed by atoms with Crippen LogP contribution in [0.15, 0.2) is 24.3 Å². The molecule has 18 heavy (non-hydrogen) atoms. The lowest BCUT2D eigenvalue weighted by Crippen LogP contribution is -2.31. The zero-order valence-electron chi connectivity index (χ0n) is 11.8. The summed E-state index contributed by atoms with van der Waals surface area (Å²) in [4.78, 5) is 12.5. The average molecular weight is 266 g/mol. The van der Waals surface area contributed by atoms with E-state index in [2.05, 4.69) is 27.7 Å². The highest BCUT2D eigenvalue weighted by atomic mass is 32.2. The minimum Gasteiger partial charge on any atom is -0.497 e. The minimum absolute atomic E-state index is 0.00380. The lowest BCUT2D eigenvalue weighted by Gasteiger charge is -2.28. The van der Waals surface area contributed by atoms with Crippen molar-refractivity contribution in [3.05, 3.63) is 29.8 Å². The van der Waals surface area contributed by atoms with Crippen LogP contribution in [0.5, 0.6) is 5.75 Å². The fourth-order valence-corrected chi connectivity index (χ4v) is 2.91. The Bertz CT molecular complexity index is 390. The van der Waals surface area contributed by atoms with Crippen molar-refractivity contribution in [1.82, 2.24) is 0 Å². The predicted molar refractivity (Wildman–Crippen MR) is 78.7 cm³/mol. The van der Waals surface area contributed by atoms with E-state index in [1.165, 1.54) is 0 Å². The standard InChI is InChI=1S/C15H22O2S/c1-6-18-14(15(2,3)4)13(16)11-7-9-12(17-5)10-8-11/h7-10,14H,6H2,1-5H3. The quantitative estimate of drug-likeness (QED) is 0.752. The van der Waals surface area contributed by atoms with Crippen LogP contribution in [0.2, 0.25) is 0 Å². The Hall–Kier alpha value is -0.960. The van der Waals surface area contributed by atoms with Crippen LogP contribution in [0.4, 0.5) is 0 Å². The summed E-state index contributed by atoms with van der Waals surface area (Å²) in [7, 11) is 1.63. The van der Waals surface area contributed by atoms with Gasteiger partial charge in [0.1, 0.15) is 5.75 Å². The van der Waals surface area contributed by atoms with Crippen molar-refractivity contribution in [2.45, 2.75) is 32.9 Å². The molecular formula is C15H22O2S. The summed E-state index contributed by atoms with van der Waals surface area (Å²) in [6.45, 7) is 8.43. The van der Waals surface area contributed by atoms with Crippen LogP contribution >= 0.6 is 11.8 Å². The number of hydrogen-bond acceptors (Lipinski definition) is 3. The second-order valence-electron chi connectivity index (χ2n) is 5.29. The molecule has 0 aliphatic heterocycles. The number of Topliss-reactive ketones (excluding diaryl/α,β-unsaturated/α-hetero) is 1. The monoisotopic (exact) mass is 266 g/mol. The lowest BCUT2D eigenvalue weighted by atomic mass is 9.87. The normalized spacial score (nSPS) is 13.2.